The molecule has 196 valence electrons. The van der Waals surface area contributed by atoms with Crippen molar-refractivity contribution in [1.82, 2.24) is 0 Å². The minimum atomic E-state index is -5.81. The van der Waals surface area contributed by atoms with E-state index in [1.807, 2.05) is 0 Å². The smallest absolute Gasteiger partial charge is 0.367 e. The molecule has 0 spiro atoms. The largest absolute Gasteiger partial charge is 0.743 e. The fourth-order valence-corrected chi connectivity index (χ4v) is 6.12. The van der Waals surface area contributed by atoms with E-state index < -0.39 is 27.9 Å². The lowest BCUT2D eigenvalue weighted by atomic mass is 9.87. The number of carbonyl (C=O) groups is 1. The van der Waals surface area contributed by atoms with Gasteiger partial charge in [-0.2, -0.15) is 8.78 Å². The molecule has 0 bridgehead atoms. The van der Waals surface area contributed by atoms with Crippen molar-refractivity contribution in [3.05, 3.63) is 90.5 Å². The van der Waals surface area contributed by atoms with Gasteiger partial charge in [-0.1, -0.05) is 63.7 Å². The van der Waals surface area contributed by atoms with Crippen molar-refractivity contribution in [3.63, 3.8) is 0 Å². The molecular formula is C28H28F2O5S2. The van der Waals surface area contributed by atoms with Crippen LogP contribution in [0.1, 0.15) is 33.3 Å². The average Bonchev–Trinajstić information content (AvgIpc) is 3.16. The monoisotopic (exact) mass is 546 g/mol. The maximum atomic E-state index is 12.3. The second-order valence-electron chi connectivity index (χ2n) is 9.52. The first kappa shape index (κ1) is 28.4. The van der Waals surface area contributed by atoms with Crippen molar-refractivity contribution in [3.8, 4) is 4.90 Å². The summed E-state index contributed by atoms with van der Waals surface area (Å²) in [6.07, 6.45) is 0. The standard InChI is InChI=1S/C22H21S.C6H8F2O5S/c1-22(2,3)16-12-14-17(15-13-16)23-20-10-6-4-8-18(20)19-9-5-7-11-21(19)23;1-4(2)5(9)13-3-6(7,8)14(10,11)12/h4-15H,1-3H3;1,3H2,2H3,(H,10,11,12)/q+1;/p-1. The van der Waals surface area contributed by atoms with Crippen LogP contribution < -0.4 is 0 Å². The molecule has 0 unspecified atom stereocenters. The summed E-state index contributed by atoms with van der Waals surface area (Å²) in [5.74, 6) is -1.19. The molecule has 0 aliphatic carbocycles. The number of thiophene rings is 1. The minimum Gasteiger partial charge on any atom is -0.743 e. The van der Waals surface area contributed by atoms with Crippen molar-refractivity contribution < 1.29 is 31.3 Å². The molecule has 0 saturated carbocycles. The fraction of sp³-hybridized carbons (Fsp3) is 0.250. The van der Waals surface area contributed by atoms with Crippen LogP contribution in [0.3, 0.4) is 0 Å². The molecule has 1 aromatic heterocycles. The minimum absolute atomic E-state index is 0.0244. The molecule has 1 heterocycles. The van der Waals surface area contributed by atoms with Crippen molar-refractivity contribution >= 4 is 46.7 Å². The first-order valence-electron chi connectivity index (χ1n) is 11.3. The molecule has 9 heteroatoms. The third kappa shape index (κ3) is 6.41. The third-order valence-corrected chi connectivity index (χ3v) is 8.73. The molecule has 0 atom stereocenters. The molecule has 0 radical (unpaired) electrons. The van der Waals surface area contributed by atoms with Crippen molar-refractivity contribution in [2.75, 3.05) is 6.61 Å². The zero-order chi connectivity index (χ0) is 27.6. The Labute approximate surface area is 218 Å². The Hall–Kier alpha value is -3.14. The van der Waals surface area contributed by atoms with Gasteiger partial charge in [0.05, 0.1) is 0 Å². The van der Waals surface area contributed by atoms with E-state index in [0.717, 1.165) is 0 Å². The lowest BCUT2D eigenvalue weighted by molar-refractivity contribution is -0.144. The third-order valence-electron chi connectivity index (χ3n) is 5.55. The van der Waals surface area contributed by atoms with Crippen molar-refractivity contribution in [1.29, 1.82) is 0 Å². The van der Waals surface area contributed by atoms with Crippen LogP contribution in [-0.2, 0) is 25.1 Å². The van der Waals surface area contributed by atoms with Crippen LogP contribution in [0.15, 0.2) is 84.9 Å². The second kappa shape index (κ2) is 10.7. The first-order chi connectivity index (χ1) is 17.1. The molecular weight excluding hydrogens is 518 g/mol. The van der Waals surface area contributed by atoms with Gasteiger partial charge < -0.3 is 9.29 Å². The van der Waals surface area contributed by atoms with Gasteiger partial charge in [0.1, 0.15) is 0 Å². The maximum absolute atomic E-state index is 12.3. The van der Waals surface area contributed by atoms with Gasteiger partial charge in [-0.25, -0.2) is 13.2 Å². The topological polar surface area (TPSA) is 83.5 Å². The van der Waals surface area contributed by atoms with Gasteiger partial charge in [0, 0.05) is 26.8 Å². The quantitative estimate of drug-likeness (QED) is 0.114. The summed E-state index contributed by atoms with van der Waals surface area (Å²) in [6.45, 7) is 9.26. The summed E-state index contributed by atoms with van der Waals surface area (Å²) in [4.78, 5) is 12.0. The zero-order valence-corrected chi connectivity index (χ0v) is 22.6. The molecule has 0 aliphatic rings. The molecule has 3 aromatic carbocycles. The van der Waals surface area contributed by atoms with E-state index in [9.17, 15) is 26.5 Å². The van der Waals surface area contributed by atoms with E-state index in [-0.39, 0.29) is 21.5 Å². The van der Waals surface area contributed by atoms with E-state index in [1.54, 1.807) is 0 Å². The molecule has 5 nitrogen and oxygen atoms in total. The summed E-state index contributed by atoms with van der Waals surface area (Å²) in [5, 5.41) is -1.82. The Kier molecular flexibility index (Phi) is 8.21. The number of rotatable bonds is 5. The van der Waals surface area contributed by atoms with E-state index >= 15 is 0 Å². The van der Waals surface area contributed by atoms with Gasteiger partial charge in [-0.05, 0) is 54.3 Å². The van der Waals surface area contributed by atoms with Gasteiger partial charge in [0.25, 0.3) is 0 Å². The highest BCUT2D eigenvalue weighted by Gasteiger charge is 2.39. The molecule has 37 heavy (non-hydrogen) atoms. The molecule has 0 N–H and O–H groups in total. The van der Waals surface area contributed by atoms with Gasteiger partial charge in [0.2, 0.25) is 0 Å². The zero-order valence-electron chi connectivity index (χ0n) is 21.0. The first-order valence-corrected chi connectivity index (χ1v) is 14.0. The molecule has 0 fully saturated rings. The number of halogens is 2. The average molecular weight is 547 g/mol. The second-order valence-corrected chi connectivity index (χ2v) is 13.0. The predicted octanol–water partition coefficient (Wildman–Crippen LogP) is 7.27. The Morgan fingerprint density at radius 2 is 1.38 bits per heavy atom. The van der Waals surface area contributed by atoms with E-state index in [4.69, 9.17) is 0 Å². The molecule has 4 rings (SSSR count). The molecule has 0 saturated heterocycles. The van der Waals surface area contributed by atoms with Gasteiger partial charge in [0.15, 0.2) is 31.0 Å². The highest BCUT2D eigenvalue weighted by Crippen LogP contribution is 2.48. The van der Waals surface area contributed by atoms with Crippen LogP contribution in [0.4, 0.5) is 8.78 Å². The lowest BCUT2D eigenvalue weighted by Crippen LogP contribution is -2.34. The maximum Gasteiger partial charge on any atom is 0.367 e. The Balaban J connectivity index is 0.000000236. The Morgan fingerprint density at radius 3 is 1.78 bits per heavy atom. The van der Waals surface area contributed by atoms with Crippen LogP contribution in [0.5, 0.6) is 0 Å². The Morgan fingerprint density at radius 1 is 0.919 bits per heavy atom. The fourth-order valence-electron chi connectivity index (χ4n) is 3.54. The number of alkyl halides is 2. The van der Waals surface area contributed by atoms with Crippen molar-refractivity contribution in [2.45, 2.75) is 38.4 Å². The van der Waals surface area contributed by atoms with E-state index in [0.29, 0.717) is 0 Å². The normalized spacial score (nSPS) is 12.2. The summed E-state index contributed by atoms with van der Waals surface area (Å²) in [7, 11) is -5.79. The van der Waals surface area contributed by atoms with Crippen LogP contribution in [0, 0.1) is 0 Å². The van der Waals surface area contributed by atoms with Crippen LogP contribution in [0.2, 0.25) is 0 Å². The van der Waals surface area contributed by atoms with Crippen molar-refractivity contribution in [2.24, 2.45) is 0 Å². The number of benzene rings is 3. The summed E-state index contributed by atoms with van der Waals surface area (Å²) in [5.41, 5.74) is 1.42. The number of carbonyl (C=O) groups excluding carboxylic acids is 1. The highest BCUT2D eigenvalue weighted by molar-refractivity contribution is 7.86. The summed E-state index contributed by atoms with van der Waals surface area (Å²) >= 11 is 0. The lowest BCUT2D eigenvalue weighted by Gasteiger charge is -2.19. The predicted molar refractivity (Wildman–Crippen MR) is 144 cm³/mol. The number of ether oxygens (including phenoxy) is 1. The molecule has 0 aliphatic heterocycles. The number of esters is 1. The highest BCUT2D eigenvalue weighted by atomic mass is 32.2. The van der Waals surface area contributed by atoms with Crippen LogP contribution in [0.25, 0.3) is 25.1 Å². The summed E-state index contributed by atoms with van der Waals surface area (Å²) < 4.78 is 61.2. The van der Waals surface area contributed by atoms with Crippen LogP contribution >= 0.6 is 10.5 Å². The summed E-state index contributed by atoms with van der Waals surface area (Å²) in [6, 6.07) is 26.9. The number of hydrogen-bond acceptors (Lipinski definition) is 5. The molecule has 0 amide bonds. The van der Waals surface area contributed by atoms with E-state index in [2.05, 4.69) is 105 Å². The van der Waals surface area contributed by atoms with Gasteiger partial charge in [-0.3, -0.25) is 0 Å². The van der Waals surface area contributed by atoms with E-state index in [1.165, 1.54) is 37.6 Å². The van der Waals surface area contributed by atoms with Gasteiger partial charge in [-0.15, -0.1) is 0 Å². The van der Waals surface area contributed by atoms with Crippen LogP contribution in [-0.4, -0.2) is 30.8 Å². The number of hydrogen-bond donors (Lipinski definition) is 0. The van der Waals surface area contributed by atoms with Gasteiger partial charge >= 0.3 is 11.2 Å². The number of fused-ring (bicyclic) bond motifs is 3. The Bertz CT molecular complexity index is 1490. The SMILES string of the molecule is C=C(C)C(=O)OCC(F)(F)S(=O)(=O)[O-].CC(C)(C)c1ccc(-[s+]2c3ccccc3c3ccccc32)cc1. The molecule has 4 aromatic rings.